The monoisotopic (exact) mass is 279 g/mol. The third-order valence-electron chi connectivity index (χ3n) is 3.43. The molecule has 0 aromatic carbocycles. The van der Waals surface area contributed by atoms with Gasteiger partial charge in [-0.1, -0.05) is 0 Å². The third kappa shape index (κ3) is 3.25. The van der Waals surface area contributed by atoms with Gasteiger partial charge in [-0.25, -0.2) is 14.8 Å². The third-order valence-corrected chi connectivity index (χ3v) is 3.43. The number of rotatable bonds is 3. The summed E-state index contributed by atoms with van der Waals surface area (Å²) < 4.78 is 5.12. The number of aliphatic hydroxyl groups excluding tert-OH is 1. The van der Waals surface area contributed by atoms with Gasteiger partial charge in [0.15, 0.2) is 0 Å². The summed E-state index contributed by atoms with van der Waals surface area (Å²) in [7, 11) is 0. The Morgan fingerprint density at radius 2 is 1.95 bits per heavy atom. The van der Waals surface area contributed by atoms with E-state index in [1.807, 2.05) is 0 Å². The number of aromatic nitrogens is 2. The van der Waals surface area contributed by atoms with Gasteiger partial charge in [-0.15, -0.1) is 0 Å². The molecule has 0 saturated heterocycles. The van der Waals surface area contributed by atoms with Gasteiger partial charge in [0.25, 0.3) is 0 Å². The van der Waals surface area contributed by atoms with Gasteiger partial charge in [-0.2, -0.15) is 0 Å². The molecule has 1 atom stereocenters. The molecule has 0 spiro atoms. The van der Waals surface area contributed by atoms with Crippen molar-refractivity contribution in [2.75, 3.05) is 5.32 Å². The summed E-state index contributed by atoms with van der Waals surface area (Å²) in [5.41, 5.74) is 0.140. The van der Waals surface area contributed by atoms with Crippen LogP contribution in [0.25, 0.3) is 0 Å². The maximum absolute atomic E-state index is 11.6. The zero-order chi connectivity index (χ0) is 15.0. The number of carbonyl (C=O) groups is 1. The average Bonchev–Trinajstić information content (AvgIpc) is 3.08. The summed E-state index contributed by atoms with van der Waals surface area (Å²) in [5, 5.41) is 12.3. The van der Waals surface area contributed by atoms with Crippen molar-refractivity contribution >= 4 is 12.0 Å². The fourth-order valence-electron chi connectivity index (χ4n) is 2.13. The SMILES string of the molecule is CC(O)C1(c2cnc(NC(=O)OC(C)(C)C)nc2)CC1. The molecule has 2 rings (SSSR count). The van der Waals surface area contributed by atoms with Crippen LogP contribution in [0.5, 0.6) is 0 Å². The molecule has 1 aliphatic carbocycles. The molecule has 1 saturated carbocycles. The highest BCUT2D eigenvalue weighted by atomic mass is 16.6. The van der Waals surface area contributed by atoms with E-state index in [1.54, 1.807) is 40.1 Å². The van der Waals surface area contributed by atoms with Crippen molar-refractivity contribution in [1.82, 2.24) is 9.97 Å². The van der Waals surface area contributed by atoms with Crippen molar-refractivity contribution in [2.45, 2.75) is 57.7 Å². The second-order valence-electron chi connectivity index (χ2n) is 6.25. The van der Waals surface area contributed by atoms with Crippen LogP contribution in [0.2, 0.25) is 0 Å². The van der Waals surface area contributed by atoms with Crippen LogP contribution in [0, 0.1) is 0 Å². The second kappa shape index (κ2) is 5.01. The van der Waals surface area contributed by atoms with E-state index in [0.717, 1.165) is 18.4 Å². The van der Waals surface area contributed by atoms with Crippen LogP contribution in [-0.2, 0) is 10.2 Å². The molecule has 2 N–H and O–H groups in total. The van der Waals surface area contributed by atoms with Gasteiger partial charge >= 0.3 is 6.09 Å². The number of carbonyl (C=O) groups excluding carboxylic acids is 1. The number of hydrogen-bond acceptors (Lipinski definition) is 5. The summed E-state index contributed by atoms with van der Waals surface area (Å²) in [4.78, 5) is 19.8. The maximum Gasteiger partial charge on any atom is 0.414 e. The minimum absolute atomic E-state index is 0.199. The molecule has 6 heteroatoms. The zero-order valence-corrected chi connectivity index (χ0v) is 12.3. The normalized spacial score (nSPS) is 18.2. The first-order valence-electron chi connectivity index (χ1n) is 6.73. The molecule has 1 aromatic heterocycles. The summed E-state index contributed by atoms with van der Waals surface area (Å²) in [6.07, 6.45) is 4.18. The van der Waals surface area contributed by atoms with E-state index in [0.29, 0.717) is 0 Å². The minimum atomic E-state index is -0.582. The summed E-state index contributed by atoms with van der Waals surface area (Å²) in [6, 6.07) is 0. The topological polar surface area (TPSA) is 84.3 Å². The van der Waals surface area contributed by atoms with Crippen LogP contribution in [0.4, 0.5) is 10.7 Å². The lowest BCUT2D eigenvalue weighted by molar-refractivity contribution is 0.0634. The molecule has 1 unspecified atom stereocenters. The molecule has 1 heterocycles. The van der Waals surface area contributed by atoms with Crippen LogP contribution in [0.3, 0.4) is 0 Å². The quantitative estimate of drug-likeness (QED) is 0.886. The van der Waals surface area contributed by atoms with E-state index in [-0.39, 0.29) is 11.4 Å². The van der Waals surface area contributed by atoms with Crippen molar-refractivity contribution < 1.29 is 14.6 Å². The summed E-state index contributed by atoms with van der Waals surface area (Å²) >= 11 is 0. The second-order valence-corrected chi connectivity index (χ2v) is 6.25. The predicted octanol–water partition coefficient (Wildman–Crippen LogP) is 2.24. The molecular weight excluding hydrogens is 258 g/mol. The molecule has 1 fully saturated rings. The van der Waals surface area contributed by atoms with Crippen molar-refractivity contribution in [1.29, 1.82) is 0 Å². The Balaban J connectivity index is 2.01. The predicted molar refractivity (Wildman–Crippen MR) is 74.5 cm³/mol. The van der Waals surface area contributed by atoms with E-state index >= 15 is 0 Å². The Bertz CT molecular complexity index is 487. The number of nitrogens with one attached hydrogen (secondary N) is 1. The molecule has 1 aliphatic rings. The van der Waals surface area contributed by atoms with Crippen LogP contribution < -0.4 is 5.32 Å². The molecular formula is C14H21N3O3. The number of ether oxygens (including phenoxy) is 1. The van der Waals surface area contributed by atoms with Gasteiger partial charge in [0.1, 0.15) is 5.60 Å². The van der Waals surface area contributed by atoms with Gasteiger partial charge in [0.2, 0.25) is 5.95 Å². The van der Waals surface area contributed by atoms with Gasteiger partial charge in [-0.05, 0) is 46.1 Å². The molecule has 0 aliphatic heterocycles. The van der Waals surface area contributed by atoms with E-state index in [1.165, 1.54) is 0 Å². The highest BCUT2D eigenvalue weighted by Gasteiger charge is 2.48. The number of aliphatic hydroxyl groups is 1. The molecule has 6 nitrogen and oxygen atoms in total. The van der Waals surface area contributed by atoms with Crippen LogP contribution >= 0.6 is 0 Å². The van der Waals surface area contributed by atoms with Crippen LogP contribution in [-0.4, -0.2) is 32.9 Å². The van der Waals surface area contributed by atoms with Gasteiger partial charge in [-0.3, -0.25) is 5.32 Å². The van der Waals surface area contributed by atoms with E-state index in [2.05, 4.69) is 15.3 Å². The van der Waals surface area contributed by atoms with Gasteiger partial charge in [0.05, 0.1) is 6.10 Å². The lowest BCUT2D eigenvalue weighted by atomic mass is 9.93. The van der Waals surface area contributed by atoms with Crippen molar-refractivity contribution in [3.63, 3.8) is 0 Å². The van der Waals surface area contributed by atoms with Crippen LogP contribution in [0.15, 0.2) is 12.4 Å². The van der Waals surface area contributed by atoms with Crippen LogP contribution in [0.1, 0.15) is 46.1 Å². The molecule has 20 heavy (non-hydrogen) atoms. The summed E-state index contributed by atoms with van der Waals surface area (Å²) in [5.74, 6) is 0.199. The lowest BCUT2D eigenvalue weighted by Gasteiger charge is -2.20. The minimum Gasteiger partial charge on any atom is -0.444 e. The first-order chi connectivity index (χ1) is 9.23. The first kappa shape index (κ1) is 14.7. The number of hydrogen-bond donors (Lipinski definition) is 2. The van der Waals surface area contributed by atoms with E-state index in [4.69, 9.17) is 4.74 Å². The fraction of sp³-hybridized carbons (Fsp3) is 0.643. The largest absolute Gasteiger partial charge is 0.444 e. The Morgan fingerprint density at radius 3 is 2.35 bits per heavy atom. The number of amides is 1. The summed E-state index contributed by atoms with van der Waals surface area (Å²) in [6.45, 7) is 7.14. The average molecular weight is 279 g/mol. The molecule has 1 amide bonds. The standard InChI is InChI=1S/C14H21N3O3/c1-9(18)14(5-6-14)10-7-15-11(16-8-10)17-12(19)20-13(2,3)4/h7-9,18H,5-6H2,1-4H3,(H,15,16,17,19). The smallest absolute Gasteiger partial charge is 0.414 e. The molecule has 0 radical (unpaired) electrons. The van der Waals surface area contributed by atoms with Crippen molar-refractivity contribution in [3.05, 3.63) is 18.0 Å². The van der Waals surface area contributed by atoms with Crippen molar-refractivity contribution in [3.8, 4) is 0 Å². The van der Waals surface area contributed by atoms with Gasteiger partial charge < -0.3 is 9.84 Å². The molecule has 0 bridgehead atoms. The first-order valence-corrected chi connectivity index (χ1v) is 6.73. The van der Waals surface area contributed by atoms with Crippen molar-refractivity contribution in [2.24, 2.45) is 0 Å². The lowest BCUT2D eigenvalue weighted by Crippen LogP contribution is -2.28. The highest BCUT2D eigenvalue weighted by Crippen LogP contribution is 2.50. The highest BCUT2D eigenvalue weighted by molar-refractivity contribution is 5.82. The van der Waals surface area contributed by atoms with E-state index in [9.17, 15) is 9.90 Å². The van der Waals surface area contributed by atoms with Gasteiger partial charge in [0, 0.05) is 17.8 Å². The molecule has 110 valence electrons. The number of nitrogens with zero attached hydrogens (tertiary/aromatic N) is 2. The Morgan fingerprint density at radius 1 is 1.40 bits per heavy atom. The number of anilines is 1. The van der Waals surface area contributed by atoms with E-state index < -0.39 is 17.8 Å². The molecule has 1 aromatic rings. The Kier molecular flexibility index (Phi) is 3.69. The zero-order valence-electron chi connectivity index (χ0n) is 12.3. The Labute approximate surface area is 118 Å². The maximum atomic E-state index is 11.6. The fourth-order valence-corrected chi connectivity index (χ4v) is 2.13. The Hall–Kier alpha value is -1.69.